The van der Waals surface area contributed by atoms with Crippen LogP contribution in [0.5, 0.6) is 0 Å². The maximum absolute atomic E-state index is 12.6. The average molecular weight is 648 g/mol. The van der Waals surface area contributed by atoms with Crippen molar-refractivity contribution < 1.29 is 28.7 Å². The first kappa shape index (κ1) is 33.7. The van der Waals surface area contributed by atoms with Gasteiger partial charge < -0.3 is 20.1 Å². The number of alkyl carbamates (subject to hydrolysis) is 1. The molecule has 0 saturated carbocycles. The SMILES string of the molecule is CC(NC(=O)OC(C)(C)C)C(=O)OCCONC(=O)c1ccc(-c2ccc(N=N)c(NCc3ccc4ncccc4c3)n2)cc1Cl. The summed E-state index contributed by atoms with van der Waals surface area (Å²) in [7, 11) is 0. The second kappa shape index (κ2) is 15.2. The van der Waals surface area contributed by atoms with E-state index in [2.05, 4.69) is 31.2 Å². The molecule has 0 aliphatic heterocycles. The number of fused-ring (bicyclic) bond motifs is 1. The predicted octanol–water partition coefficient (Wildman–Crippen LogP) is 6.34. The van der Waals surface area contributed by atoms with Gasteiger partial charge in [-0.1, -0.05) is 29.8 Å². The Morgan fingerprint density at radius 2 is 1.85 bits per heavy atom. The molecule has 2 heterocycles. The van der Waals surface area contributed by atoms with E-state index in [0.29, 0.717) is 29.3 Å². The largest absolute Gasteiger partial charge is 0.462 e. The second-order valence-corrected chi connectivity index (χ2v) is 11.5. The number of ether oxygens (including phenoxy) is 2. The third-order valence-corrected chi connectivity index (χ3v) is 6.63. The van der Waals surface area contributed by atoms with Gasteiger partial charge in [-0.25, -0.2) is 25.6 Å². The topological polar surface area (TPSA) is 177 Å². The fourth-order valence-electron chi connectivity index (χ4n) is 4.14. The van der Waals surface area contributed by atoms with Crippen LogP contribution in [0.1, 0.15) is 43.6 Å². The molecule has 0 fully saturated rings. The molecule has 0 saturated heterocycles. The van der Waals surface area contributed by atoms with Gasteiger partial charge >= 0.3 is 12.1 Å². The molecule has 0 aliphatic carbocycles. The Morgan fingerprint density at radius 1 is 1.04 bits per heavy atom. The predicted molar refractivity (Wildman–Crippen MR) is 172 cm³/mol. The lowest BCUT2D eigenvalue weighted by molar-refractivity contribution is -0.147. The van der Waals surface area contributed by atoms with Crippen LogP contribution in [0.2, 0.25) is 5.02 Å². The molecular weight excluding hydrogens is 614 g/mol. The number of hydrogen-bond acceptors (Lipinski definition) is 11. The number of benzene rings is 2. The van der Waals surface area contributed by atoms with Crippen molar-refractivity contribution in [1.29, 1.82) is 5.53 Å². The van der Waals surface area contributed by atoms with Gasteiger partial charge in [0.25, 0.3) is 5.91 Å². The fourth-order valence-corrected chi connectivity index (χ4v) is 4.40. The van der Waals surface area contributed by atoms with Crippen LogP contribution < -0.4 is 16.1 Å². The summed E-state index contributed by atoms with van der Waals surface area (Å²) in [6, 6.07) is 17.1. The number of carbonyl (C=O) groups excluding carboxylic acids is 3. The summed E-state index contributed by atoms with van der Waals surface area (Å²) in [5, 5.41) is 10.4. The summed E-state index contributed by atoms with van der Waals surface area (Å²) < 4.78 is 10.2. The maximum atomic E-state index is 12.6. The first-order chi connectivity index (χ1) is 21.9. The van der Waals surface area contributed by atoms with Crippen LogP contribution in [-0.4, -0.2) is 52.8 Å². The summed E-state index contributed by atoms with van der Waals surface area (Å²) >= 11 is 6.43. The van der Waals surface area contributed by atoms with Gasteiger partial charge in [0, 0.05) is 23.7 Å². The molecule has 0 spiro atoms. The number of aromatic nitrogens is 2. The normalized spacial score (nSPS) is 11.8. The highest BCUT2D eigenvalue weighted by Gasteiger charge is 2.22. The number of hydrogen-bond donors (Lipinski definition) is 4. The number of pyridine rings is 2. The third-order valence-electron chi connectivity index (χ3n) is 6.31. The molecule has 240 valence electrons. The van der Waals surface area contributed by atoms with Crippen molar-refractivity contribution in [2.75, 3.05) is 18.5 Å². The molecule has 1 atom stereocenters. The minimum absolute atomic E-state index is 0.143. The fraction of sp³-hybridized carbons (Fsp3) is 0.281. The minimum Gasteiger partial charge on any atom is -0.462 e. The van der Waals surface area contributed by atoms with E-state index in [9.17, 15) is 14.4 Å². The molecule has 0 aliphatic rings. The van der Waals surface area contributed by atoms with Crippen molar-refractivity contribution in [1.82, 2.24) is 20.8 Å². The molecule has 0 radical (unpaired) electrons. The molecule has 46 heavy (non-hydrogen) atoms. The number of hydroxylamine groups is 1. The highest BCUT2D eigenvalue weighted by molar-refractivity contribution is 6.34. The van der Waals surface area contributed by atoms with Crippen molar-refractivity contribution in [2.45, 2.75) is 45.9 Å². The highest BCUT2D eigenvalue weighted by Crippen LogP contribution is 2.30. The van der Waals surface area contributed by atoms with E-state index in [4.69, 9.17) is 31.4 Å². The molecule has 4 aromatic rings. The molecule has 14 heteroatoms. The lowest BCUT2D eigenvalue weighted by Crippen LogP contribution is -2.42. The Kier molecular flexibility index (Phi) is 11.2. The molecule has 2 aromatic heterocycles. The van der Waals surface area contributed by atoms with Crippen LogP contribution in [0.25, 0.3) is 22.2 Å². The zero-order chi connectivity index (χ0) is 33.3. The van der Waals surface area contributed by atoms with Gasteiger partial charge in [0.2, 0.25) is 0 Å². The number of nitrogens with one attached hydrogen (secondary N) is 4. The molecular formula is C32H34ClN7O6. The van der Waals surface area contributed by atoms with Crippen LogP contribution >= 0.6 is 11.6 Å². The summed E-state index contributed by atoms with van der Waals surface area (Å²) in [4.78, 5) is 50.6. The lowest BCUT2D eigenvalue weighted by Gasteiger charge is -2.21. The number of esters is 1. The Morgan fingerprint density at radius 3 is 2.59 bits per heavy atom. The number of rotatable bonds is 12. The Labute approximate surface area is 270 Å². The van der Waals surface area contributed by atoms with E-state index in [1.807, 2.05) is 30.3 Å². The van der Waals surface area contributed by atoms with Crippen LogP contribution in [0, 0.1) is 5.53 Å². The zero-order valence-electron chi connectivity index (χ0n) is 25.7. The number of nitrogens with zero attached hydrogens (tertiary/aromatic N) is 3. The maximum Gasteiger partial charge on any atom is 0.408 e. The monoisotopic (exact) mass is 647 g/mol. The lowest BCUT2D eigenvalue weighted by atomic mass is 10.1. The molecule has 4 N–H and O–H groups in total. The van der Waals surface area contributed by atoms with Crippen molar-refractivity contribution in [3.63, 3.8) is 0 Å². The Hall–Kier alpha value is -5.14. The first-order valence-corrected chi connectivity index (χ1v) is 14.7. The molecule has 13 nitrogen and oxygen atoms in total. The van der Waals surface area contributed by atoms with Crippen molar-refractivity contribution in [2.24, 2.45) is 5.11 Å². The summed E-state index contributed by atoms with van der Waals surface area (Å²) in [6.45, 7) is 6.70. The van der Waals surface area contributed by atoms with Gasteiger partial charge in [0.1, 0.15) is 30.5 Å². The smallest absolute Gasteiger partial charge is 0.408 e. The van der Waals surface area contributed by atoms with Crippen molar-refractivity contribution >= 4 is 52.0 Å². The molecule has 1 unspecified atom stereocenters. The van der Waals surface area contributed by atoms with E-state index < -0.39 is 29.6 Å². The Balaban J connectivity index is 1.29. The van der Waals surface area contributed by atoms with Gasteiger partial charge in [-0.3, -0.25) is 14.6 Å². The molecule has 2 aromatic carbocycles. The van der Waals surface area contributed by atoms with Crippen LogP contribution in [0.3, 0.4) is 0 Å². The molecule has 4 rings (SSSR count). The van der Waals surface area contributed by atoms with Gasteiger partial charge in [-0.15, -0.1) is 0 Å². The first-order valence-electron chi connectivity index (χ1n) is 14.3. The van der Waals surface area contributed by atoms with Crippen molar-refractivity contribution in [3.8, 4) is 11.3 Å². The number of halogens is 1. The van der Waals surface area contributed by atoms with Gasteiger partial charge in [-0.2, -0.15) is 5.11 Å². The summed E-state index contributed by atoms with van der Waals surface area (Å²) in [5.41, 5.74) is 12.7. The number of amides is 2. The van der Waals surface area contributed by atoms with Gasteiger partial charge in [-0.05, 0) is 75.7 Å². The van der Waals surface area contributed by atoms with Gasteiger partial charge in [0.15, 0.2) is 5.82 Å². The summed E-state index contributed by atoms with van der Waals surface area (Å²) in [6.07, 6.45) is 1.00. The number of carbonyl (C=O) groups is 3. The van der Waals surface area contributed by atoms with E-state index in [0.717, 1.165) is 16.5 Å². The highest BCUT2D eigenvalue weighted by atomic mass is 35.5. The third kappa shape index (κ3) is 9.43. The van der Waals surface area contributed by atoms with E-state index in [-0.39, 0.29) is 23.8 Å². The average Bonchev–Trinajstić information content (AvgIpc) is 3.02. The van der Waals surface area contributed by atoms with E-state index in [1.165, 1.54) is 13.0 Å². The standard InChI is InChI=1S/C32H34ClN7O6/c1-19(37-31(43)46-32(2,3)4)30(42)44-14-15-45-40-29(41)23-9-8-22(17-24(23)33)26-11-12-27(39-34)28(38-26)36-18-20-7-10-25-21(16-20)6-5-13-35-25/h5-13,16-17,19,34H,14-15,18H2,1-4H3,(H,36,38)(H,37,43)(H,40,41). The van der Waals surface area contributed by atoms with Crippen molar-refractivity contribution in [3.05, 3.63) is 83.0 Å². The number of anilines is 1. The quantitative estimate of drug-likeness (QED) is 0.0591. The van der Waals surface area contributed by atoms with E-state index in [1.54, 1.807) is 51.2 Å². The van der Waals surface area contributed by atoms with E-state index >= 15 is 0 Å². The minimum atomic E-state index is -0.942. The summed E-state index contributed by atoms with van der Waals surface area (Å²) in [5.74, 6) is -0.880. The molecule has 2 amide bonds. The van der Waals surface area contributed by atoms with Crippen LogP contribution in [-0.2, 0) is 25.7 Å². The van der Waals surface area contributed by atoms with Crippen LogP contribution in [0.15, 0.2) is 72.0 Å². The molecule has 0 bridgehead atoms. The van der Waals surface area contributed by atoms with Crippen LogP contribution in [0.4, 0.5) is 16.3 Å². The van der Waals surface area contributed by atoms with Gasteiger partial charge in [0.05, 0.1) is 21.8 Å². The zero-order valence-corrected chi connectivity index (χ0v) is 26.5. The Bertz CT molecular complexity index is 1740. The second-order valence-electron chi connectivity index (χ2n) is 11.1.